The van der Waals surface area contributed by atoms with E-state index in [2.05, 4.69) is 5.32 Å². The summed E-state index contributed by atoms with van der Waals surface area (Å²) >= 11 is 7.46. The van der Waals surface area contributed by atoms with Crippen molar-refractivity contribution in [2.45, 2.75) is 9.79 Å². The van der Waals surface area contributed by atoms with Crippen LogP contribution in [0.4, 0.5) is 5.69 Å². The van der Waals surface area contributed by atoms with E-state index in [4.69, 9.17) is 21.1 Å². The Morgan fingerprint density at radius 3 is 2.35 bits per heavy atom. The molecule has 10 heteroatoms. The minimum atomic E-state index is -4.05. The number of amides is 1. The maximum Gasteiger partial charge on any atom is 0.264 e. The lowest BCUT2D eigenvalue weighted by Gasteiger charge is -2.26. The fourth-order valence-electron chi connectivity index (χ4n) is 3.09. The van der Waals surface area contributed by atoms with Crippen LogP contribution >= 0.6 is 23.4 Å². The third kappa shape index (κ3) is 6.59. The van der Waals surface area contributed by atoms with Gasteiger partial charge in [0.2, 0.25) is 5.91 Å². The summed E-state index contributed by atoms with van der Waals surface area (Å²) in [6.45, 7) is -0.0450. The highest BCUT2D eigenvalue weighted by Gasteiger charge is 2.29. The van der Waals surface area contributed by atoms with E-state index < -0.39 is 22.5 Å². The zero-order chi connectivity index (χ0) is 24.6. The maximum absolute atomic E-state index is 13.5. The topological polar surface area (TPSA) is 84.9 Å². The van der Waals surface area contributed by atoms with Crippen molar-refractivity contribution in [3.8, 4) is 11.5 Å². The van der Waals surface area contributed by atoms with Crippen LogP contribution in [0.25, 0.3) is 0 Å². The molecule has 1 amide bonds. The molecule has 0 aliphatic heterocycles. The molecule has 3 rings (SSSR count). The Kier molecular flexibility index (Phi) is 9.09. The highest BCUT2D eigenvalue weighted by Crippen LogP contribution is 2.35. The van der Waals surface area contributed by atoms with E-state index in [9.17, 15) is 13.2 Å². The van der Waals surface area contributed by atoms with Crippen molar-refractivity contribution in [1.82, 2.24) is 5.32 Å². The minimum absolute atomic E-state index is 0.0685. The van der Waals surface area contributed by atoms with Crippen molar-refractivity contribution >= 4 is 45.0 Å². The number of hydrogen-bond donors (Lipinski definition) is 1. The second-order valence-corrected chi connectivity index (χ2v) is 10.5. The number of nitrogens with zero attached hydrogens (tertiary/aromatic N) is 1. The van der Waals surface area contributed by atoms with Crippen LogP contribution in [0.2, 0.25) is 5.02 Å². The van der Waals surface area contributed by atoms with Crippen LogP contribution in [0.5, 0.6) is 11.5 Å². The van der Waals surface area contributed by atoms with Crippen molar-refractivity contribution in [2.75, 3.05) is 37.4 Å². The number of benzene rings is 3. The van der Waals surface area contributed by atoms with Crippen molar-refractivity contribution in [3.63, 3.8) is 0 Å². The summed E-state index contributed by atoms with van der Waals surface area (Å²) in [7, 11) is -1.11. The van der Waals surface area contributed by atoms with E-state index in [0.29, 0.717) is 23.1 Å². The molecule has 180 valence electrons. The number of carbonyl (C=O) groups excluding carboxylic acids is 1. The van der Waals surface area contributed by atoms with Gasteiger partial charge in [-0.15, -0.1) is 11.8 Å². The predicted molar refractivity (Wildman–Crippen MR) is 136 cm³/mol. The van der Waals surface area contributed by atoms with Gasteiger partial charge in [0, 0.05) is 28.3 Å². The predicted octanol–water partition coefficient (Wildman–Crippen LogP) is 4.46. The van der Waals surface area contributed by atoms with Crippen LogP contribution in [-0.2, 0) is 14.8 Å². The molecule has 7 nitrogen and oxygen atoms in total. The molecule has 0 spiro atoms. The Hall–Kier alpha value is -2.88. The lowest BCUT2D eigenvalue weighted by molar-refractivity contribution is -0.119. The number of thioether (sulfide) groups is 1. The van der Waals surface area contributed by atoms with E-state index >= 15 is 0 Å². The molecular weight excluding hydrogens is 496 g/mol. The monoisotopic (exact) mass is 520 g/mol. The Labute approximate surface area is 209 Å². The lowest BCUT2D eigenvalue weighted by atomic mass is 10.2. The molecule has 3 aromatic carbocycles. The van der Waals surface area contributed by atoms with Crippen LogP contribution in [0.15, 0.2) is 82.6 Å². The van der Waals surface area contributed by atoms with Crippen molar-refractivity contribution in [2.24, 2.45) is 0 Å². The summed E-state index contributed by atoms with van der Waals surface area (Å²) in [4.78, 5) is 13.9. The number of rotatable bonds is 11. The number of nitrogens with one attached hydrogen (secondary N) is 1. The van der Waals surface area contributed by atoms with E-state index in [1.54, 1.807) is 60.3 Å². The second kappa shape index (κ2) is 12.0. The van der Waals surface area contributed by atoms with E-state index in [-0.39, 0.29) is 16.3 Å². The summed E-state index contributed by atoms with van der Waals surface area (Å²) in [5.74, 6) is 0.949. The number of methoxy groups -OCH3 is 2. The first-order chi connectivity index (χ1) is 16.3. The van der Waals surface area contributed by atoms with Gasteiger partial charge in [-0.3, -0.25) is 9.10 Å². The van der Waals surface area contributed by atoms with E-state index in [1.165, 1.54) is 26.4 Å². The summed E-state index contributed by atoms with van der Waals surface area (Å²) in [5.41, 5.74) is 0.234. The molecule has 0 saturated heterocycles. The molecule has 0 unspecified atom stereocenters. The summed E-state index contributed by atoms with van der Waals surface area (Å²) in [6.07, 6.45) is 0. The molecule has 0 aliphatic carbocycles. The minimum Gasteiger partial charge on any atom is -0.497 e. The molecule has 0 aliphatic rings. The highest BCUT2D eigenvalue weighted by molar-refractivity contribution is 7.99. The van der Waals surface area contributed by atoms with Gasteiger partial charge >= 0.3 is 0 Å². The van der Waals surface area contributed by atoms with Gasteiger partial charge in [0.05, 0.1) is 24.8 Å². The first-order valence-corrected chi connectivity index (χ1v) is 13.1. The number of ether oxygens (including phenoxy) is 2. The van der Waals surface area contributed by atoms with Crippen molar-refractivity contribution < 1.29 is 22.7 Å². The largest absolute Gasteiger partial charge is 0.497 e. The zero-order valence-corrected chi connectivity index (χ0v) is 21.1. The fourth-order valence-corrected chi connectivity index (χ4v) is 5.43. The van der Waals surface area contributed by atoms with E-state index in [0.717, 1.165) is 9.20 Å². The molecule has 0 radical (unpaired) electrons. The molecule has 0 atom stereocenters. The molecule has 0 aromatic heterocycles. The van der Waals surface area contributed by atoms with Gasteiger partial charge in [0.15, 0.2) is 0 Å². The van der Waals surface area contributed by atoms with Crippen LogP contribution < -0.4 is 19.1 Å². The van der Waals surface area contributed by atoms with Crippen LogP contribution in [0, 0.1) is 0 Å². The average Bonchev–Trinajstić information content (AvgIpc) is 2.86. The molecule has 3 aromatic rings. The zero-order valence-electron chi connectivity index (χ0n) is 18.7. The highest BCUT2D eigenvalue weighted by atomic mass is 35.5. The van der Waals surface area contributed by atoms with Gasteiger partial charge in [0.1, 0.15) is 18.0 Å². The van der Waals surface area contributed by atoms with Gasteiger partial charge < -0.3 is 14.8 Å². The fraction of sp³-hybridized carbons (Fsp3) is 0.208. The molecule has 1 N–H and O–H groups in total. The Morgan fingerprint density at radius 1 is 1.00 bits per heavy atom. The summed E-state index contributed by atoms with van der Waals surface area (Å²) in [5, 5.41) is 3.45. The van der Waals surface area contributed by atoms with Gasteiger partial charge in [-0.25, -0.2) is 8.42 Å². The first-order valence-electron chi connectivity index (χ1n) is 10.3. The third-order valence-electron chi connectivity index (χ3n) is 4.78. The quantitative estimate of drug-likeness (QED) is 0.297. The smallest absolute Gasteiger partial charge is 0.264 e. The van der Waals surface area contributed by atoms with Crippen LogP contribution in [-0.4, -0.2) is 47.4 Å². The Balaban J connectivity index is 1.77. The first kappa shape index (κ1) is 25.7. The Morgan fingerprint density at radius 2 is 1.71 bits per heavy atom. The molecule has 0 fully saturated rings. The normalized spacial score (nSPS) is 11.0. The summed E-state index contributed by atoms with van der Waals surface area (Å²) < 4.78 is 38.6. The maximum atomic E-state index is 13.5. The molecule has 0 heterocycles. The Bertz CT molecular complexity index is 1210. The lowest BCUT2D eigenvalue weighted by Crippen LogP contribution is -2.41. The van der Waals surface area contributed by atoms with Crippen LogP contribution in [0.1, 0.15) is 0 Å². The molecule has 0 bridgehead atoms. The standard InChI is InChI=1S/C24H25ClN2O5S2/c1-31-19-10-13-22(23(16-19)32-2)27(34(29,30)21-6-4-3-5-7-21)17-24(28)26-14-15-33-20-11-8-18(25)9-12-20/h3-13,16H,14-15,17H2,1-2H3,(H,26,28). The summed E-state index contributed by atoms with van der Waals surface area (Å²) in [6, 6.07) is 20.1. The molecular formula is C24H25ClN2O5S2. The van der Waals surface area contributed by atoms with Gasteiger partial charge in [-0.1, -0.05) is 29.8 Å². The number of anilines is 1. The van der Waals surface area contributed by atoms with Gasteiger partial charge in [-0.05, 0) is 48.5 Å². The number of halogens is 1. The SMILES string of the molecule is COc1ccc(N(CC(=O)NCCSc2ccc(Cl)cc2)S(=O)(=O)c2ccccc2)c(OC)c1. The van der Waals surface area contributed by atoms with Crippen LogP contribution in [0.3, 0.4) is 0 Å². The molecule has 34 heavy (non-hydrogen) atoms. The third-order valence-corrected chi connectivity index (χ3v) is 7.82. The number of hydrogen-bond acceptors (Lipinski definition) is 6. The second-order valence-electron chi connectivity index (χ2n) is 7.01. The van der Waals surface area contributed by atoms with E-state index in [1.807, 2.05) is 12.1 Å². The van der Waals surface area contributed by atoms with Crippen molar-refractivity contribution in [3.05, 3.63) is 77.8 Å². The van der Waals surface area contributed by atoms with Gasteiger partial charge in [-0.2, -0.15) is 0 Å². The average molecular weight is 521 g/mol. The number of sulfonamides is 1. The number of carbonyl (C=O) groups is 1. The van der Waals surface area contributed by atoms with Gasteiger partial charge in [0.25, 0.3) is 10.0 Å². The van der Waals surface area contributed by atoms with Crippen molar-refractivity contribution in [1.29, 1.82) is 0 Å². The molecule has 0 saturated carbocycles.